The first-order valence-corrected chi connectivity index (χ1v) is 8.19. The van der Waals surface area contributed by atoms with Gasteiger partial charge in [0.2, 0.25) is 0 Å². The fourth-order valence-electron chi connectivity index (χ4n) is 2.90. The highest BCUT2D eigenvalue weighted by Crippen LogP contribution is 2.26. The number of carbonyl (C=O) groups excluding carboxylic acids is 1. The minimum absolute atomic E-state index is 0.0569. The zero-order valence-corrected chi connectivity index (χ0v) is 13.3. The molecule has 2 aromatic rings. The number of anilines is 1. The van der Waals surface area contributed by atoms with E-state index in [4.69, 9.17) is 4.74 Å². The topological polar surface area (TPSA) is 58.6 Å². The fourth-order valence-corrected chi connectivity index (χ4v) is 2.90. The second kappa shape index (κ2) is 7.34. The Bertz CT molecular complexity index is 726. The van der Waals surface area contributed by atoms with Gasteiger partial charge in [0, 0.05) is 5.56 Å². The molecule has 2 N–H and O–H groups in total. The number of amides is 1. The lowest BCUT2D eigenvalue weighted by atomic mass is 9.98. The van der Waals surface area contributed by atoms with Crippen molar-refractivity contribution >= 4 is 11.6 Å². The lowest BCUT2D eigenvalue weighted by molar-refractivity contribution is 0.102. The number of aromatic hydroxyl groups is 1. The molecule has 0 heterocycles. The molecular weight excluding hydrogens is 309 g/mol. The largest absolute Gasteiger partial charge is 0.505 e. The van der Waals surface area contributed by atoms with E-state index in [-0.39, 0.29) is 11.8 Å². The van der Waals surface area contributed by atoms with Crippen LogP contribution in [0.1, 0.15) is 42.5 Å². The predicted octanol–water partition coefficient (Wildman–Crippen LogP) is 4.50. The van der Waals surface area contributed by atoms with E-state index in [0.717, 1.165) is 12.8 Å². The summed E-state index contributed by atoms with van der Waals surface area (Å²) >= 11 is 0. The third-order valence-corrected chi connectivity index (χ3v) is 4.18. The van der Waals surface area contributed by atoms with Gasteiger partial charge >= 0.3 is 0 Å². The van der Waals surface area contributed by atoms with Crippen LogP contribution in [0.5, 0.6) is 11.5 Å². The summed E-state index contributed by atoms with van der Waals surface area (Å²) in [4.78, 5) is 12.3. The van der Waals surface area contributed by atoms with E-state index < -0.39 is 17.5 Å². The first-order valence-electron chi connectivity index (χ1n) is 8.19. The summed E-state index contributed by atoms with van der Waals surface area (Å²) in [5.41, 5.74) is 0.324. The van der Waals surface area contributed by atoms with Crippen molar-refractivity contribution in [1.29, 1.82) is 0 Å². The Balaban J connectivity index is 1.70. The fraction of sp³-hybridized carbons (Fsp3) is 0.316. The molecule has 1 fully saturated rings. The predicted molar refractivity (Wildman–Crippen MR) is 90.0 cm³/mol. The van der Waals surface area contributed by atoms with Gasteiger partial charge < -0.3 is 15.2 Å². The van der Waals surface area contributed by atoms with Gasteiger partial charge in [0.25, 0.3) is 5.91 Å². The average molecular weight is 329 g/mol. The summed E-state index contributed by atoms with van der Waals surface area (Å²) in [5, 5.41) is 11.8. The number of hydrogen-bond acceptors (Lipinski definition) is 3. The summed E-state index contributed by atoms with van der Waals surface area (Å²) in [5.74, 6) is -1.15. The Morgan fingerprint density at radius 2 is 1.88 bits per heavy atom. The van der Waals surface area contributed by atoms with Gasteiger partial charge in [0.1, 0.15) is 5.75 Å². The minimum Gasteiger partial charge on any atom is -0.505 e. The maximum Gasteiger partial charge on any atom is 0.255 e. The van der Waals surface area contributed by atoms with Gasteiger partial charge in [-0.1, -0.05) is 18.6 Å². The van der Waals surface area contributed by atoms with Gasteiger partial charge in [-0.05, 0) is 56.0 Å². The molecule has 0 bridgehead atoms. The number of carbonyl (C=O) groups is 1. The van der Waals surface area contributed by atoms with Gasteiger partial charge in [-0.3, -0.25) is 4.79 Å². The van der Waals surface area contributed by atoms with Crippen LogP contribution in [0.25, 0.3) is 0 Å². The number of hydrogen-bond donors (Lipinski definition) is 2. The molecule has 24 heavy (non-hydrogen) atoms. The summed E-state index contributed by atoms with van der Waals surface area (Å²) in [6, 6.07) is 11.0. The lowest BCUT2D eigenvalue weighted by Crippen LogP contribution is -2.20. The number of phenols is 1. The number of rotatable bonds is 4. The molecular formula is C19H20FNO3. The molecule has 0 aromatic heterocycles. The van der Waals surface area contributed by atoms with Crippen molar-refractivity contribution in [3.8, 4) is 11.5 Å². The summed E-state index contributed by atoms with van der Waals surface area (Å²) in [6.45, 7) is 0. The molecule has 4 nitrogen and oxygen atoms in total. The minimum atomic E-state index is -0.847. The molecule has 1 amide bonds. The smallest absolute Gasteiger partial charge is 0.255 e. The highest BCUT2D eigenvalue weighted by molar-refractivity contribution is 6.04. The molecule has 1 saturated carbocycles. The van der Waals surface area contributed by atoms with E-state index in [0.29, 0.717) is 11.3 Å². The third-order valence-electron chi connectivity index (χ3n) is 4.18. The average Bonchev–Trinajstić information content (AvgIpc) is 2.60. The normalized spacial score (nSPS) is 15.0. The van der Waals surface area contributed by atoms with Crippen LogP contribution in [0.3, 0.4) is 0 Å². The number of phenolic OH excluding ortho intramolecular Hbond substituents is 1. The van der Waals surface area contributed by atoms with Crippen molar-refractivity contribution in [2.24, 2.45) is 0 Å². The van der Waals surface area contributed by atoms with Crippen molar-refractivity contribution in [3.05, 3.63) is 53.8 Å². The molecule has 1 aliphatic rings. The Kier molecular flexibility index (Phi) is 4.99. The quantitative estimate of drug-likeness (QED) is 0.868. The van der Waals surface area contributed by atoms with Crippen molar-refractivity contribution in [2.45, 2.75) is 38.2 Å². The highest BCUT2D eigenvalue weighted by Gasteiger charge is 2.16. The molecule has 126 valence electrons. The van der Waals surface area contributed by atoms with Gasteiger partial charge in [-0.15, -0.1) is 0 Å². The van der Waals surface area contributed by atoms with Crippen LogP contribution in [0.4, 0.5) is 10.1 Å². The van der Waals surface area contributed by atoms with Crippen molar-refractivity contribution in [1.82, 2.24) is 0 Å². The van der Waals surface area contributed by atoms with Crippen LogP contribution in [0.2, 0.25) is 0 Å². The van der Waals surface area contributed by atoms with Gasteiger partial charge in [0.05, 0.1) is 11.8 Å². The van der Waals surface area contributed by atoms with Crippen LogP contribution in [-0.2, 0) is 0 Å². The number of ether oxygens (including phenoxy) is 1. The molecule has 0 aliphatic heterocycles. The first kappa shape index (κ1) is 16.3. The number of nitrogens with one attached hydrogen (secondary N) is 1. The zero-order chi connectivity index (χ0) is 16.9. The molecule has 1 aliphatic carbocycles. The summed E-state index contributed by atoms with van der Waals surface area (Å²) in [7, 11) is 0. The van der Waals surface area contributed by atoms with Gasteiger partial charge in [-0.25, -0.2) is 4.39 Å². The van der Waals surface area contributed by atoms with Crippen molar-refractivity contribution < 1.29 is 19.0 Å². The second-order valence-electron chi connectivity index (χ2n) is 6.00. The summed E-state index contributed by atoms with van der Waals surface area (Å²) in [6.07, 6.45) is 5.84. The van der Waals surface area contributed by atoms with E-state index in [1.165, 1.54) is 37.5 Å². The van der Waals surface area contributed by atoms with Crippen molar-refractivity contribution in [3.63, 3.8) is 0 Å². The molecule has 3 rings (SSSR count). The lowest BCUT2D eigenvalue weighted by Gasteiger charge is -2.23. The van der Waals surface area contributed by atoms with Crippen molar-refractivity contribution in [2.75, 3.05) is 5.32 Å². The van der Waals surface area contributed by atoms with E-state index >= 15 is 0 Å². The Morgan fingerprint density at radius 1 is 1.12 bits per heavy atom. The van der Waals surface area contributed by atoms with E-state index in [2.05, 4.69) is 5.32 Å². The van der Waals surface area contributed by atoms with E-state index in [1.54, 1.807) is 18.2 Å². The Labute approximate surface area is 140 Å². The molecule has 0 radical (unpaired) electrons. The van der Waals surface area contributed by atoms with Crippen LogP contribution in [-0.4, -0.2) is 17.1 Å². The Hall–Kier alpha value is -2.56. The molecule has 5 heteroatoms. The Morgan fingerprint density at radius 3 is 2.67 bits per heavy atom. The van der Waals surface area contributed by atoms with E-state index in [9.17, 15) is 14.3 Å². The van der Waals surface area contributed by atoms with Gasteiger partial charge in [0.15, 0.2) is 11.6 Å². The van der Waals surface area contributed by atoms with Crippen LogP contribution in [0.15, 0.2) is 42.5 Å². The monoisotopic (exact) mass is 329 g/mol. The molecule has 2 aromatic carbocycles. The first-order chi connectivity index (χ1) is 11.6. The highest BCUT2D eigenvalue weighted by atomic mass is 19.1. The van der Waals surface area contributed by atoms with Crippen LogP contribution >= 0.6 is 0 Å². The van der Waals surface area contributed by atoms with Crippen LogP contribution < -0.4 is 10.1 Å². The maximum atomic E-state index is 13.8. The molecule has 0 saturated heterocycles. The standard InChI is InChI=1S/C19H20FNO3/c20-18-16(10-5-11-17(18)22)21-19(23)13-6-4-9-15(12-13)24-14-7-2-1-3-8-14/h4-6,9-12,14,22H,1-3,7-8H2,(H,21,23). The van der Waals surface area contributed by atoms with Crippen LogP contribution in [0, 0.1) is 5.82 Å². The number of halogens is 1. The van der Waals surface area contributed by atoms with E-state index in [1.807, 2.05) is 6.07 Å². The molecule has 0 atom stereocenters. The number of benzene rings is 2. The second-order valence-corrected chi connectivity index (χ2v) is 6.00. The molecule has 0 spiro atoms. The maximum absolute atomic E-state index is 13.8. The zero-order valence-electron chi connectivity index (χ0n) is 13.3. The molecule has 0 unspecified atom stereocenters. The SMILES string of the molecule is O=C(Nc1cccc(O)c1F)c1cccc(OC2CCCCC2)c1. The third kappa shape index (κ3) is 3.85. The summed E-state index contributed by atoms with van der Waals surface area (Å²) < 4.78 is 19.7. The van der Waals surface area contributed by atoms with Gasteiger partial charge in [-0.2, -0.15) is 0 Å².